The van der Waals surface area contributed by atoms with Crippen LogP contribution in [-0.2, 0) is 10.0 Å². The zero-order valence-electron chi connectivity index (χ0n) is 16.0. The molecular formula is C21H21F2N3O2S. The van der Waals surface area contributed by atoms with Crippen molar-refractivity contribution in [2.45, 2.75) is 24.8 Å². The van der Waals surface area contributed by atoms with Crippen LogP contribution in [0.2, 0.25) is 0 Å². The van der Waals surface area contributed by atoms with Crippen LogP contribution in [-0.4, -0.2) is 19.9 Å². The molecule has 1 N–H and O–H groups in total. The Morgan fingerprint density at radius 3 is 2.34 bits per heavy atom. The van der Waals surface area contributed by atoms with Gasteiger partial charge < -0.3 is 5.32 Å². The molecule has 0 aliphatic carbocycles. The third kappa shape index (κ3) is 4.54. The third-order valence-electron chi connectivity index (χ3n) is 4.46. The lowest BCUT2D eigenvalue weighted by Gasteiger charge is -2.23. The molecule has 0 radical (unpaired) electrons. The van der Waals surface area contributed by atoms with Gasteiger partial charge in [0.1, 0.15) is 10.7 Å². The average molecular weight is 417 g/mol. The largest absolute Gasteiger partial charge is 0.364 e. The van der Waals surface area contributed by atoms with Crippen LogP contribution >= 0.6 is 0 Å². The summed E-state index contributed by atoms with van der Waals surface area (Å²) in [5.41, 5.74) is 1.12. The van der Waals surface area contributed by atoms with E-state index in [0.29, 0.717) is 17.1 Å². The number of hydrogen-bond acceptors (Lipinski definition) is 4. The molecule has 0 amide bonds. The first-order valence-corrected chi connectivity index (χ1v) is 10.5. The molecule has 152 valence electrons. The van der Waals surface area contributed by atoms with Gasteiger partial charge >= 0.3 is 0 Å². The molecule has 0 fully saturated rings. The second kappa shape index (κ2) is 8.57. The first-order valence-electron chi connectivity index (χ1n) is 9.08. The van der Waals surface area contributed by atoms with Crippen molar-refractivity contribution in [2.24, 2.45) is 0 Å². The molecule has 3 rings (SSSR count). The fourth-order valence-electron chi connectivity index (χ4n) is 2.92. The Hall–Kier alpha value is -3.00. The second-order valence-electron chi connectivity index (χ2n) is 6.42. The highest BCUT2D eigenvalue weighted by molar-refractivity contribution is 7.92. The molecule has 0 saturated heterocycles. The van der Waals surface area contributed by atoms with Crippen LogP contribution in [0.3, 0.4) is 0 Å². The highest BCUT2D eigenvalue weighted by atomic mass is 32.2. The van der Waals surface area contributed by atoms with Crippen molar-refractivity contribution in [3.8, 4) is 0 Å². The summed E-state index contributed by atoms with van der Waals surface area (Å²) in [5, 5.41) is 3.05. The summed E-state index contributed by atoms with van der Waals surface area (Å²) in [6.07, 6.45) is 1.28. The number of halogens is 2. The maximum Gasteiger partial charge on any atom is 0.265 e. The fraction of sp³-hybridized carbons (Fsp3) is 0.190. The van der Waals surface area contributed by atoms with Gasteiger partial charge in [-0.3, -0.25) is 4.31 Å². The monoisotopic (exact) mass is 417 g/mol. The molecule has 8 heteroatoms. The van der Waals surface area contributed by atoms with Crippen molar-refractivity contribution >= 4 is 21.5 Å². The minimum atomic E-state index is -3.76. The molecule has 0 aliphatic rings. The van der Waals surface area contributed by atoms with E-state index in [0.717, 1.165) is 12.1 Å². The lowest BCUT2D eigenvalue weighted by atomic mass is 10.1. The molecule has 5 nitrogen and oxygen atoms in total. The number of para-hydroxylation sites is 1. The highest BCUT2D eigenvalue weighted by Crippen LogP contribution is 2.24. The third-order valence-corrected chi connectivity index (χ3v) is 6.35. The molecule has 29 heavy (non-hydrogen) atoms. The maximum absolute atomic E-state index is 13.4. The van der Waals surface area contributed by atoms with Crippen molar-refractivity contribution in [3.63, 3.8) is 0 Å². The van der Waals surface area contributed by atoms with Gasteiger partial charge in [0.05, 0.1) is 11.7 Å². The average Bonchev–Trinajstić information content (AvgIpc) is 2.71. The number of aromatic nitrogens is 1. The molecular weight excluding hydrogens is 396 g/mol. The number of nitrogens with zero attached hydrogens (tertiary/aromatic N) is 2. The smallest absolute Gasteiger partial charge is 0.265 e. The van der Waals surface area contributed by atoms with E-state index >= 15 is 0 Å². The van der Waals surface area contributed by atoms with Crippen LogP contribution in [0.4, 0.5) is 20.3 Å². The molecule has 0 saturated carbocycles. The number of anilines is 2. The van der Waals surface area contributed by atoms with Crippen LogP contribution in [0.25, 0.3) is 0 Å². The lowest BCUT2D eigenvalue weighted by Crippen LogP contribution is -2.30. The van der Waals surface area contributed by atoms with Crippen molar-refractivity contribution in [3.05, 3.63) is 84.1 Å². The number of pyridine rings is 1. The van der Waals surface area contributed by atoms with Crippen LogP contribution in [0, 0.1) is 11.6 Å². The number of benzene rings is 2. The molecule has 1 atom stereocenters. The van der Waals surface area contributed by atoms with Gasteiger partial charge in [-0.1, -0.05) is 24.3 Å². The number of sulfonamides is 1. The maximum atomic E-state index is 13.4. The predicted octanol–water partition coefficient (Wildman–Crippen LogP) is 4.75. The van der Waals surface area contributed by atoms with Gasteiger partial charge in [0.15, 0.2) is 11.6 Å². The minimum Gasteiger partial charge on any atom is -0.364 e. The van der Waals surface area contributed by atoms with Crippen LogP contribution in [0.15, 0.2) is 71.8 Å². The van der Waals surface area contributed by atoms with E-state index in [2.05, 4.69) is 10.3 Å². The summed E-state index contributed by atoms with van der Waals surface area (Å²) in [7, 11) is -3.76. The Morgan fingerprint density at radius 1 is 1.03 bits per heavy atom. The van der Waals surface area contributed by atoms with Gasteiger partial charge in [-0.05, 0) is 55.8 Å². The van der Waals surface area contributed by atoms with E-state index in [9.17, 15) is 17.2 Å². The first kappa shape index (κ1) is 20.7. The molecule has 1 heterocycles. The normalized spacial score (nSPS) is 12.4. The SMILES string of the molecule is CCN(c1ccccc1)S(=O)(=O)c1ccc(N[C@H](C)c2ccc(F)c(F)c2)nc1. The van der Waals surface area contributed by atoms with Crippen LogP contribution in [0.1, 0.15) is 25.5 Å². The summed E-state index contributed by atoms with van der Waals surface area (Å²) in [6, 6.07) is 15.2. The molecule has 2 aromatic carbocycles. The van der Waals surface area contributed by atoms with Gasteiger partial charge in [-0.2, -0.15) is 0 Å². The fourth-order valence-corrected chi connectivity index (χ4v) is 4.34. The topological polar surface area (TPSA) is 62.3 Å². The number of nitrogens with one attached hydrogen (secondary N) is 1. The standard InChI is InChI=1S/C21H21F2N3O2S/c1-3-26(17-7-5-4-6-8-17)29(27,28)18-10-12-21(24-14-18)25-15(2)16-9-11-19(22)20(23)13-16/h4-15H,3H2,1-2H3,(H,24,25)/t15-/m1/s1. The van der Waals surface area contributed by atoms with Crippen molar-refractivity contribution in [1.82, 2.24) is 4.98 Å². The minimum absolute atomic E-state index is 0.0641. The van der Waals surface area contributed by atoms with Crippen LogP contribution in [0.5, 0.6) is 0 Å². The Bertz CT molecular complexity index is 1070. The van der Waals surface area contributed by atoms with Gasteiger partial charge in [-0.15, -0.1) is 0 Å². The second-order valence-corrected chi connectivity index (χ2v) is 8.29. The van der Waals surface area contributed by atoms with Gasteiger partial charge in [0.2, 0.25) is 0 Å². The van der Waals surface area contributed by atoms with Gasteiger partial charge in [0, 0.05) is 12.7 Å². The Kier molecular flexibility index (Phi) is 6.12. The Labute approximate surface area is 169 Å². The van der Waals surface area contributed by atoms with Crippen molar-refractivity contribution in [2.75, 3.05) is 16.2 Å². The molecule has 0 unspecified atom stereocenters. The summed E-state index contributed by atoms with van der Waals surface area (Å²) in [4.78, 5) is 4.24. The summed E-state index contributed by atoms with van der Waals surface area (Å²) in [5.74, 6) is -1.41. The zero-order valence-corrected chi connectivity index (χ0v) is 16.8. The Balaban J connectivity index is 1.79. The Morgan fingerprint density at radius 2 is 1.76 bits per heavy atom. The van der Waals surface area contributed by atoms with E-state index in [-0.39, 0.29) is 17.5 Å². The quantitative estimate of drug-likeness (QED) is 0.603. The molecule has 0 bridgehead atoms. The summed E-state index contributed by atoms with van der Waals surface area (Å²) in [6.45, 7) is 3.81. The van der Waals surface area contributed by atoms with Crippen LogP contribution < -0.4 is 9.62 Å². The van der Waals surface area contributed by atoms with E-state index in [1.165, 1.54) is 22.6 Å². The van der Waals surface area contributed by atoms with E-state index in [1.54, 1.807) is 44.2 Å². The van der Waals surface area contributed by atoms with Gasteiger partial charge in [-0.25, -0.2) is 22.2 Å². The summed E-state index contributed by atoms with van der Waals surface area (Å²) < 4.78 is 53.8. The first-order chi connectivity index (χ1) is 13.8. The molecule has 3 aromatic rings. The van der Waals surface area contributed by atoms with Crippen molar-refractivity contribution in [1.29, 1.82) is 0 Å². The number of rotatable bonds is 7. The lowest BCUT2D eigenvalue weighted by molar-refractivity contribution is 0.506. The number of hydrogen-bond donors (Lipinski definition) is 1. The highest BCUT2D eigenvalue weighted by Gasteiger charge is 2.24. The molecule has 1 aromatic heterocycles. The van der Waals surface area contributed by atoms with E-state index < -0.39 is 21.7 Å². The van der Waals surface area contributed by atoms with E-state index in [1.807, 2.05) is 6.07 Å². The predicted molar refractivity (Wildman–Crippen MR) is 109 cm³/mol. The zero-order chi connectivity index (χ0) is 21.0. The summed E-state index contributed by atoms with van der Waals surface area (Å²) >= 11 is 0. The van der Waals surface area contributed by atoms with E-state index in [4.69, 9.17) is 0 Å². The molecule has 0 spiro atoms. The van der Waals surface area contributed by atoms with Gasteiger partial charge in [0.25, 0.3) is 10.0 Å². The van der Waals surface area contributed by atoms with Crippen molar-refractivity contribution < 1.29 is 17.2 Å². The molecule has 0 aliphatic heterocycles.